The summed E-state index contributed by atoms with van der Waals surface area (Å²) in [6.45, 7) is 8.11. The van der Waals surface area contributed by atoms with Gasteiger partial charge in [-0.1, -0.05) is 0 Å². The van der Waals surface area contributed by atoms with Gasteiger partial charge in [0.25, 0.3) is 0 Å². The number of hydrogen-bond donors (Lipinski definition) is 1. The molecule has 4 heteroatoms. The van der Waals surface area contributed by atoms with Gasteiger partial charge in [-0.3, -0.25) is 9.69 Å². The van der Waals surface area contributed by atoms with Crippen LogP contribution in [0.4, 0.5) is 0 Å². The molecule has 0 spiro atoms. The second-order valence-electron chi connectivity index (χ2n) is 3.39. The predicted octanol–water partition coefficient (Wildman–Crippen LogP) is -0.915. The molecule has 1 fully saturated rings. The zero-order valence-corrected chi connectivity index (χ0v) is 8.25. The molecule has 1 radical (unpaired) electrons. The normalized spacial score (nSPS) is 18.8. The van der Waals surface area contributed by atoms with Crippen molar-refractivity contribution in [2.45, 2.75) is 6.92 Å². The molecule has 0 aromatic carbocycles. The average molecular weight is 184 g/mol. The minimum absolute atomic E-state index is 0.202. The maximum Gasteiger partial charge on any atom is 0.143 e. The highest BCUT2D eigenvalue weighted by molar-refractivity contribution is 5.77. The molecule has 1 aliphatic heterocycles. The fourth-order valence-electron chi connectivity index (χ4n) is 1.37. The second kappa shape index (κ2) is 6.07. The van der Waals surface area contributed by atoms with Gasteiger partial charge in [-0.05, 0) is 6.92 Å². The number of nitrogens with one attached hydrogen (secondary N) is 1. The monoisotopic (exact) mass is 184 g/mol. The fourth-order valence-corrected chi connectivity index (χ4v) is 1.37. The first-order valence-corrected chi connectivity index (χ1v) is 4.85. The van der Waals surface area contributed by atoms with Gasteiger partial charge in [0.05, 0.1) is 6.54 Å². The number of ketones is 1. The third-order valence-corrected chi connectivity index (χ3v) is 2.13. The SMILES string of the molecule is CC(=O)CNCCN1CC[N]CC1. The number of piperazine rings is 1. The summed E-state index contributed by atoms with van der Waals surface area (Å²) in [6, 6.07) is 0. The number of Topliss-reactive ketones (excluding diaryl/α,β-unsaturated/α-hetero) is 1. The van der Waals surface area contributed by atoms with Crippen molar-refractivity contribution in [3.63, 3.8) is 0 Å². The first-order chi connectivity index (χ1) is 6.29. The second-order valence-corrected chi connectivity index (χ2v) is 3.39. The summed E-state index contributed by atoms with van der Waals surface area (Å²) in [5, 5.41) is 7.38. The van der Waals surface area contributed by atoms with Crippen LogP contribution in [0.2, 0.25) is 0 Å². The summed E-state index contributed by atoms with van der Waals surface area (Å²) >= 11 is 0. The van der Waals surface area contributed by atoms with Crippen molar-refractivity contribution >= 4 is 5.78 Å². The maximum absolute atomic E-state index is 10.6. The number of carbonyl (C=O) groups is 1. The van der Waals surface area contributed by atoms with Crippen molar-refractivity contribution in [3.8, 4) is 0 Å². The van der Waals surface area contributed by atoms with Gasteiger partial charge in [0.1, 0.15) is 5.78 Å². The Morgan fingerprint density at radius 2 is 2.15 bits per heavy atom. The van der Waals surface area contributed by atoms with Gasteiger partial charge in [-0.2, -0.15) is 0 Å². The lowest BCUT2D eigenvalue weighted by molar-refractivity contribution is -0.116. The van der Waals surface area contributed by atoms with Gasteiger partial charge in [0.2, 0.25) is 0 Å². The van der Waals surface area contributed by atoms with Crippen molar-refractivity contribution < 1.29 is 4.79 Å². The Morgan fingerprint density at radius 3 is 2.77 bits per heavy atom. The van der Waals surface area contributed by atoms with E-state index in [0.29, 0.717) is 6.54 Å². The minimum Gasteiger partial charge on any atom is -0.309 e. The quantitative estimate of drug-likeness (QED) is 0.562. The van der Waals surface area contributed by atoms with Crippen LogP contribution in [-0.2, 0) is 4.79 Å². The molecule has 1 heterocycles. The van der Waals surface area contributed by atoms with Crippen molar-refractivity contribution in [1.82, 2.24) is 15.5 Å². The fraction of sp³-hybridized carbons (Fsp3) is 0.889. The molecule has 0 aromatic rings. The highest BCUT2D eigenvalue weighted by Gasteiger charge is 2.08. The van der Waals surface area contributed by atoms with Gasteiger partial charge in [-0.15, -0.1) is 0 Å². The number of nitrogens with zero attached hydrogens (tertiary/aromatic N) is 2. The molecular formula is C9H18N3O. The largest absolute Gasteiger partial charge is 0.309 e. The van der Waals surface area contributed by atoms with E-state index in [0.717, 1.165) is 39.3 Å². The summed E-state index contributed by atoms with van der Waals surface area (Å²) in [6.07, 6.45) is 0. The molecule has 0 aliphatic carbocycles. The summed E-state index contributed by atoms with van der Waals surface area (Å²) in [5.74, 6) is 0.202. The van der Waals surface area contributed by atoms with Crippen molar-refractivity contribution in [2.75, 3.05) is 45.8 Å². The molecule has 0 atom stereocenters. The molecule has 0 amide bonds. The molecule has 4 nitrogen and oxygen atoms in total. The van der Waals surface area contributed by atoms with E-state index in [2.05, 4.69) is 15.5 Å². The van der Waals surface area contributed by atoms with Crippen LogP contribution in [0.25, 0.3) is 0 Å². The van der Waals surface area contributed by atoms with E-state index < -0.39 is 0 Å². The predicted molar refractivity (Wildman–Crippen MR) is 51.9 cm³/mol. The molecule has 1 N–H and O–H groups in total. The molecule has 0 bridgehead atoms. The summed E-state index contributed by atoms with van der Waals surface area (Å²) in [7, 11) is 0. The topological polar surface area (TPSA) is 46.4 Å². The Labute approximate surface area is 79.7 Å². The molecular weight excluding hydrogens is 166 g/mol. The van der Waals surface area contributed by atoms with Crippen LogP contribution >= 0.6 is 0 Å². The van der Waals surface area contributed by atoms with Crippen molar-refractivity contribution in [2.24, 2.45) is 0 Å². The molecule has 1 saturated heterocycles. The minimum atomic E-state index is 0.202. The molecule has 0 unspecified atom stereocenters. The van der Waals surface area contributed by atoms with Gasteiger partial charge in [-0.25, -0.2) is 5.32 Å². The van der Waals surface area contributed by atoms with Gasteiger partial charge in [0, 0.05) is 39.3 Å². The standard InChI is InChI=1S/C9H18N3O/c1-9(13)8-11-4-7-12-5-2-10-3-6-12/h11H,2-8H2,1H3. The summed E-state index contributed by atoms with van der Waals surface area (Å²) in [5.41, 5.74) is 0. The van der Waals surface area contributed by atoms with Crippen LogP contribution in [0.1, 0.15) is 6.92 Å². The first-order valence-electron chi connectivity index (χ1n) is 4.85. The Hall–Kier alpha value is -0.450. The molecule has 0 saturated carbocycles. The average Bonchev–Trinajstić information content (AvgIpc) is 2.14. The zero-order chi connectivity index (χ0) is 9.52. The third kappa shape index (κ3) is 4.98. The third-order valence-electron chi connectivity index (χ3n) is 2.13. The molecule has 1 aliphatic rings. The molecule has 13 heavy (non-hydrogen) atoms. The highest BCUT2D eigenvalue weighted by atomic mass is 16.1. The van der Waals surface area contributed by atoms with E-state index in [9.17, 15) is 4.79 Å². The van der Waals surface area contributed by atoms with Crippen LogP contribution in [0.3, 0.4) is 0 Å². The Morgan fingerprint density at radius 1 is 1.46 bits per heavy atom. The zero-order valence-electron chi connectivity index (χ0n) is 8.25. The Bertz CT molecular complexity index is 155. The number of carbonyl (C=O) groups excluding carboxylic acids is 1. The van der Waals surface area contributed by atoms with Crippen molar-refractivity contribution in [1.29, 1.82) is 0 Å². The van der Waals surface area contributed by atoms with Crippen LogP contribution < -0.4 is 10.6 Å². The van der Waals surface area contributed by atoms with Gasteiger partial charge in [0.15, 0.2) is 0 Å². The first kappa shape index (κ1) is 10.6. The van der Waals surface area contributed by atoms with E-state index in [1.165, 1.54) is 0 Å². The lowest BCUT2D eigenvalue weighted by Gasteiger charge is -2.26. The smallest absolute Gasteiger partial charge is 0.143 e. The maximum atomic E-state index is 10.6. The van der Waals surface area contributed by atoms with E-state index in [1.807, 2.05) is 0 Å². The molecule has 1 rings (SSSR count). The summed E-state index contributed by atoms with van der Waals surface area (Å²) < 4.78 is 0. The van der Waals surface area contributed by atoms with E-state index in [-0.39, 0.29) is 5.78 Å². The Kier molecular flexibility index (Phi) is 4.97. The lowest BCUT2D eigenvalue weighted by atomic mass is 10.3. The van der Waals surface area contributed by atoms with Crippen LogP contribution in [0, 0.1) is 0 Å². The van der Waals surface area contributed by atoms with E-state index in [4.69, 9.17) is 0 Å². The highest BCUT2D eigenvalue weighted by Crippen LogP contribution is 1.90. The van der Waals surface area contributed by atoms with Crippen molar-refractivity contribution in [3.05, 3.63) is 0 Å². The van der Waals surface area contributed by atoms with Crippen LogP contribution in [0.5, 0.6) is 0 Å². The molecule has 0 aromatic heterocycles. The van der Waals surface area contributed by atoms with E-state index in [1.54, 1.807) is 6.92 Å². The van der Waals surface area contributed by atoms with Crippen LogP contribution in [0.15, 0.2) is 0 Å². The van der Waals surface area contributed by atoms with Gasteiger partial charge >= 0.3 is 0 Å². The van der Waals surface area contributed by atoms with Gasteiger partial charge < -0.3 is 5.32 Å². The van der Waals surface area contributed by atoms with Crippen LogP contribution in [-0.4, -0.2) is 56.5 Å². The lowest BCUT2D eigenvalue weighted by Crippen LogP contribution is -2.43. The molecule has 75 valence electrons. The van der Waals surface area contributed by atoms with E-state index >= 15 is 0 Å². The number of rotatable bonds is 5. The summed E-state index contributed by atoms with van der Waals surface area (Å²) in [4.78, 5) is 13.0. The Balaban J connectivity index is 1.95. The number of hydrogen-bond acceptors (Lipinski definition) is 3.